The molecule has 0 aliphatic heterocycles. The Kier molecular flexibility index (Phi) is 5.76. The molecule has 0 aromatic rings. The van der Waals surface area contributed by atoms with Crippen molar-refractivity contribution in [1.82, 2.24) is 0 Å². The van der Waals surface area contributed by atoms with E-state index in [9.17, 15) is 27.1 Å². The number of alkyl halides is 5. The van der Waals surface area contributed by atoms with Gasteiger partial charge in [0.05, 0.1) is 19.8 Å². The summed E-state index contributed by atoms with van der Waals surface area (Å²) in [6.45, 7) is -0.475. The lowest BCUT2D eigenvalue weighted by Gasteiger charge is -2.22. The van der Waals surface area contributed by atoms with E-state index in [0.717, 1.165) is 0 Å². The van der Waals surface area contributed by atoms with E-state index >= 15 is 0 Å². The second kappa shape index (κ2) is 5.92. The molecular weight excluding hydrogens is 251 g/mol. The van der Waals surface area contributed by atoms with E-state index in [4.69, 9.17) is 5.11 Å². The van der Waals surface area contributed by atoms with Gasteiger partial charge in [0.1, 0.15) is 12.0 Å². The first kappa shape index (κ1) is 16.5. The van der Waals surface area contributed by atoms with Gasteiger partial charge < -0.3 is 14.9 Å². The summed E-state index contributed by atoms with van der Waals surface area (Å²) in [5.41, 5.74) is -1.58. The molecule has 0 rings (SSSR count). The third kappa shape index (κ3) is 9.25. The van der Waals surface area contributed by atoms with Crippen LogP contribution in [-0.2, 0) is 4.74 Å². The molecule has 3 nitrogen and oxygen atoms in total. The van der Waals surface area contributed by atoms with E-state index in [1.54, 1.807) is 0 Å². The summed E-state index contributed by atoms with van der Waals surface area (Å²) >= 11 is 0. The quantitative estimate of drug-likeness (QED) is 0.545. The smallest absolute Gasteiger partial charge is 0.393 e. The average Bonchev–Trinajstić information content (AvgIpc) is 2.09. The third-order valence-corrected chi connectivity index (χ3v) is 1.82. The number of halogens is 5. The molecule has 104 valence electrons. The number of rotatable bonds is 7. The molecule has 0 aliphatic carbocycles. The van der Waals surface area contributed by atoms with Crippen LogP contribution in [0.4, 0.5) is 22.0 Å². The van der Waals surface area contributed by atoms with Gasteiger partial charge in [-0.1, -0.05) is 0 Å². The molecule has 1 unspecified atom stereocenters. The van der Waals surface area contributed by atoms with Crippen molar-refractivity contribution in [1.29, 1.82) is 0 Å². The zero-order valence-corrected chi connectivity index (χ0v) is 9.23. The molecule has 0 spiro atoms. The SMILES string of the molecule is CC(O)(CO)COCCC(F)(F)CC(F)(F)F. The van der Waals surface area contributed by atoms with Gasteiger partial charge in [-0.15, -0.1) is 0 Å². The molecule has 0 saturated carbocycles. The van der Waals surface area contributed by atoms with Gasteiger partial charge in [0.25, 0.3) is 5.92 Å². The molecule has 8 heteroatoms. The van der Waals surface area contributed by atoms with Crippen LogP contribution in [0.5, 0.6) is 0 Å². The summed E-state index contributed by atoms with van der Waals surface area (Å²) in [5, 5.41) is 17.8. The first-order valence-corrected chi connectivity index (χ1v) is 4.83. The fraction of sp³-hybridized carbons (Fsp3) is 1.00. The van der Waals surface area contributed by atoms with Crippen molar-refractivity contribution >= 4 is 0 Å². The van der Waals surface area contributed by atoms with E-state index in [2.05, 4.69) is 4.74 Å². The normalized spacial score (nSPS) is 16.9. The average molecular weight is 266 g/mol. The maximum absolute atomic E-state index is 12.7. The van der Waals surface area contributed by atoms with Crippen molar-refractivity contribution in [3.8, 4) is 0 Å². The minimum Gasteiger partial charge on any atom is -0.393 e. The Morgan fingerprint density at radius 1 is 1.12 bits per heavy atom. The van der Waals surface area contributed by atoms with Gasteiger partial charge in [-0.25, -0.2) is 8.78 Å². The Labute approximate surface area is 95.2 Å². The summed E-state index contributed by atoms with van der Waals surface area (Å²) in [6, 6.07) is 0. The van der Waals surface area contributed by atoms with E-state index in [1.165, 1.54) is 6.92 Å². The fourth-order valence-corrected chi connectivity index (χ4v) is 0.941. The topological polar surface area (TPSA) is 49.7 Å². The van der Waals surface area contributed by atoms with Crippen molar-refractivity contribution < 1.29 is 36.9 Å². The highest BCUT2D eigenvalue weighted by Gasteiger charge is 2.43. The van der Waals surface area contributed by atoms with E-state index in [-0.39, 0.29) is 0 Å². The van der Waals surface area contributed by atoms with Gasteiger partial charge in [0.2, 0.25) is 0 Å². The van der Waals surface area contributed by atoms with Crippen molar-refractivity contribution in [2.45, 2.75) is 37.5 Å². The molecule has 0 saturated heterocycles. The fourth-order valence-electron chi connectivity index (χ4n) is 0.941. The first-order chi connectivity index (χ1) is 7.47. The molecule has 17 heavy (non-hydrogen) atoms. The Morgan fingerprint density at radius 3 is 2.06 bits per heavy atom. The van der Waals surface area contributed by atoms with Crippen LogP contribution in [0.1, 0.15) is 19.8 Å². The molecular formula is C9H15F5O3. The molecule has 0 aromatic carbocycles. The summed E-state index contributed by atoms with van der Waals surface area (Å²) < 4.78 is 65.1. The highest BCUT2D eigenvalue weighted by atomic mass is 19.4. The van der Waals surface area contributed by atoms with Crippen LogP contribution in [0.2, 0.25) is 0 Å². The van der Waals surface area contributed by atoms with Gasteiger partial charge in [-0.05, 0) is 6.92 Å². The maximum atomic E-state index is 12.7. The summed E-state index contributed by atoms with van der Waals surface area (Å²) in [7, 11) is 0. The predicted molar refractivity (Wildman–Crippen MR) is 48.8 cm³/mol. The number of hydrogen-bond donors (Lipinski definition) is 2. The molecule has 0 radical (unpaired) electrons. The first-order valence-electron chi connectivity index (χ1n) is 4.83. The van der Waals surface area contributed by atoms with Crippen molar-refractivity contribution in [3.05, 3.63) is 0 Å². The zero-order valence-electron chi connectivity index (χ0n) is 9.23. The van der Waals surface area contributed by atoms with Gasteiger partial charge in [-0.3, -0.25) is 0 Å². The Morgan fingerprint density at radius 2 is 1.65 bits per heavy atom. The molecule has 0 bridgehead atoms. The Hall–Kier alpha value is -0.470. The zero-order chi connectivity index (χ0) is 13.7. The van der Waals surface area contributed by atoms with E-state index in [1.807, 2.05) is 0 Å². The van der Waals surface area contributed by atoms with Crippen LogP contribution in [-0.4, -0.2) is 47.7 Å². The van der Waals surface area contributed by atoms with Crippen LogP contribution in [0, 0.1) is 0 Å². The molecule has 0 aliphatic rings. The molecule has 0 aromatic heterocycles. The van der Waals surface area contributed by atoms with Crippen LogP contribution < -0.4 is 0 Å². The second-order valence-electron chi connectivity index (χ2n) is 4.11. The maximum Gasteiger partial charge on any atom is 0.394 e. The van der Waals surface area contributed by atoms with Crippen molar-refractivity contribution in [3.63, 3.8) is 0 Å². The Bertz CT molecular complexity index is 227. The number of aliphatic hydroxyl groups is 2. The number of hydrogen-bond acceptors (Lipinski definition) is 3. The minimum atomic E-state index is -4.93. The predicted octanol–water partition coefficient (Wildman–Crippen LogP) is 1.72. The van der Waals surface area contributed by atoms with Gasteiger partial charge in [0.15, 0.2) is 0 Å². The third-order valence-electron chi connectivity index (χ3n) is 1.82. The lowest BCUT2D eigenvalue weighted by atomic mass is 10.1. The highest BCUT2D eigenvalue weighted by molar-refractivity contribution is 4.72. The van der Waals surface area contributed by atoms with E-state index < -0.39 is 50.4 Å². The van der Waals surface area contributed by atoms with Crippen molar-refractivity contribution in [2.75, 3.05) is 19.8 Å². The van der Waals surface area contributed by atoms with Crippen LogP contribution in [0.15, 0.2) is 0 Å². The monoisotopic (exact) mass is 266 g/mol. The summed E-state index contributed by atoms with van der Waals surface area (Å²) in [4.78, 5) is 0. The largest absolute Gasteiger partial charge is 0.394 e. The van der Waals surface area contributed by atoms with Crippen LogP contribution in [0.25, 0.3) is 0 Å². The minimum absolute atomic E-state index is 0.425. The highest BCUT2D eigenvalue weighted by Crippen LogP contribution is 2.33. The Balaban J connectivity index is 3.88. The lowest BCUT2D eigenvalue weighted by molar-refractivity contribution is -0.192. The van der Waals surface area contributed by atoms with E-state index in [0.29, 0.717) is 0 Å². The van der Waals surface area contributed by atoms with Gasteiger partial charge in [-0.2, -0.15) is 13.2 Å². The van der Waals surface area contributed by atoms with Gasteiger partial charge >= 0.3 is 6.18 Å². The van der Waals surface area contributed by atoms with Crippen LogP contribution in [0.3, 0.4) is 0 Å². The molecule has 0 heterocycles. The second-order valence-corrected chi connectivity index (χ2v) is 4.11. The number of ether oxygens (including phenoxy) is 1. The molecule has 1 atom stereocenters. The summed E-state index contributed by atoms with van der Waals surface area (Å²) in [5.74, 6) is -3.89. The molecule has 0 fully saturated rings. The lowest BCUT2D eigenvalue weighted by Crippen LogP contribution is -2.35. The van der Waals surface area contributed by atoms with Crippen molar-refractivity contribution in [2.24, 2.45) is 0 Å². The summed E-state index contributed by atoms with van der Waals surface area (Å²) in [6.07, 6.45) is -8.21. The van der Waals surface area contributed by atoms with Crippen LogP contribution >= 0.6 is 0 Å². The number of aliphatic hydroxyl groups excluding tert-OH is 1. The molecule has 0 amide bonds. The molecule has 2 N–H and O–H groups in total. The van der Waals surface area contributed by atoms with Gasteiger partial charge in [0, 0.05) is 6.42 Å². The standard InChI is InChI=1S/C9H15F5O3/c1-7(16,5-15)6-17-3-2-8(10,11)4-9(12,13)14/h15-16H,2-6H2,1H3.